The lowest BCUT2D eigenvalue weighted by Crippen LogP contribution is -2.50. The van der Waals surface area contributed by atoms with Crippen LogP contribution in [0.4, 0.5) is 9.18 Å². The Balaban J connectivity index is 2.17. The second-order valence-electron chi connectivity index (χ2n) is 6.21. The van der Waals surface area contributed by atoms with Crippen LogP contribution >= 0.6 is 11.6 Å². The first-order valence-corrected chi connectivity index (χ1v) is 8.74. The number of nitrogens with zero attached hydrogens (tertiary/aromatic N) is 1. The molecular weight excluding hydrogens is 389 g/mol. The molecule has 2 aromatic rings. The van der Waals surface area contributed by atoms with Crippen LogP contribution in [0.1, 0.15) is 5.56 Å². The van der Waals surface area contributed by atoms with Gasteiger partial charge in [-0.15, -0.1) is 0 Å². The summed E-state index contributed by atoms with van der Waals surface area (Å²) in [5.74, 6) is -2.61. The van der Waals surface area contributed by atoms with E-state index >= 15 is 0 Å². The molecule has 7 nitrogen and oxygen atoms in total. The van der Waals surface area contributed by atoms with E-state index in [0.29, 0.717) is 21.7 Å². The van der Waals surface area contributed by atoms with E-state index in [9.17, 15) is 24.1 Å². The number of hydrogen-bond donors (Lipinski definition) is 4. The molecule has 28 heavy (non-hydrogen) atoms. The number of carboxylic acid groups (broad SMARTS) is 1. The number of amides is 1. The summed E-state index contributed by atoms with van der Waals surface area (Å²) in [5, 5.41) is 29.3. The highest BCUT2D eigenvalue weighted by Gasteiger charge is 2.23. The van der Waals surface area contributed by atoms with Crippen LogP contribution in [0.15, 0.2) is 42.5 Å². The van der Waals surface area contributed by atoms with Crippen molar-refractivity contribution in [1.29, 1.82) is 0 Å². The van der Waals surface area contributed by atoms with Crippen molar-refractivity contribution in [1.82, 2.24) is 10.4 Å². The molecule has 10 heteroatoms. The highest BCUT2D eigenvalue weighted by molar-refractivity contribution is 6.82. The van der Waals surface area contributed by atoms with Gasteiger partial charge in [-0.1, -0.05) is 35.9 Å². The molecule has 0 heterocycles. The first-order chi connectivity index (χ1) is 13.2. The van der Waals surface area contributed by atoms with E-state index in [1.54, 1.807) is 24.3 Å². The number of carbonyl (C=O) groups is 2. The maximum atomic E-state index is 14.0. The maximum absolute atomic E-state index is 14.0. The Labute approximate surface area is 166 Å². The second-order valence-corrected chi connectivity index (χ2v) is 6.64. The molecule has 0 radical (unpaired) electrons. The average molecular weight is 409 g/mol. The van der Waals surface area contributed by atoms with E-state index in [4.69, 9.17) is 16.7 Å². The molecule has 0 aromatic heterocycles. The molecule has 0 aliphatic carbocycles. The van der Waals surface area contributed by atoms with Gasteiger partial charge >= 0.3 is 12.9 Å². The normalized spacial score (nSPS) is 11.9. The van der Waals surface area contributed by atoms with Crippen LogP contribution in [0, 0.1) is 5.82 Å². The van der Waals surface area contributed by atoms with Gasteiger partial charge in [-0.05, 0) is 36.1 Å². The van der Waals surface area contributed by atoms with Gasteiger partial charge in [0.1, 0.15) is 5.82 Å². The predicted molar refractivity (Wildman–Crippen MR) is 103 cm³/mol. The van der Waals surface area contributed by atoms with Crippen LogP contribution in [-0.2, 0) is 11.3 Å². The molecule has 148 valence electrons. The Kier molecular flexibility index (Phi) is 7.53. The van der Waals surface area contributed by atoms with Crippen LogP contribution in [-0.4, -0.2) is 51.6 Å². The Morgan fingerprint density at radius 2 is 1.89 bits per heavy atom. The van der Waals surface area contributed by atoms with Gasteiger partial charge in [-0.2, -0.15) is 0 Å². The minimum atomic E-state index is -1.73. The quantitative estimate of drug-likeness (QED) is 0.394. The van der Waals surface area contributed by atoms with Crippen molar-refractivity contribution in [2.75, 3.05) is 6.54 Å². The van der Waals surface area contributed by atoms with E-state index in [1.807, 2.05) is 0 Å². The van der Waals surface area contributed by atoms with Crippen LogP contribution < -0.4 is 5.43 Å². The van der Waals surface area contributed by atoms with Gasteiger partial charge in [-0.25, -0.2) is 14.2 Å². The van der Waals surface area contributed by atoms with Crippen molar-refractivity contribution in [3.05, 3.63) is 58.9 Å². The monoisotopic (exact) mass is 408 g/mol. The van der Waals surface area contributed by atoms with Gasteiger partial charge in [0.25, 0.3) is 0 Å². The van der Waals surface area contributed by atoms with Gasteiger partial charge in [0.05, 0.1) is 6.54 Å². The topological polar surface area (TPSA) is 110 Å². The highest BCUT2D eigenvalue weighted by atomic mass is 35.5. The van der Waals surface area contributed by atoms with Crippen LogP contribution in [0.5, 0.6) is 0 Å². The molecule has 4 N–H and O–H groups in total. The van der Waals surface area contributed by atoms with E-state index in [0.717, 1.165) is 0 Å². The van der Waals surface area contributed by atoms with Crippen LogP contribution in [0.25, 0.3) is 11.1 Å². The van der Waals surface area contributed by atoms with E-state index in [-0.39, 0.29) is 6.54 Å². The molecule has 1 atom stereocenters. The van der Waals surface area contributed by atoms with E-state index in [2.05, 4.69) is 5.43 Å². The summed E-state index contributed by atoms with van der Waals surface area (Å²) < 4.78 is 14.0. The zero-order valence-electron chi connectivity index (χ0n) is 15.0. The lowest BCUT2D eigenvalue weighted by atomic mass is 9.71. The summed E-state index contributed by atoms with van der Waals surface area (Å²) >= 11 is 5.91. The number of hydrazine groups is 1. The maximum Gasteiger partial charge on any atom is 0.393 e. The van der Waals surface area contributed by atoms with Crippen molar-refractivity contribution in [3.63, 3.8) is 0 Å². The summed E-state index contributed by atoms with van der Waals surface area (Å²) in [6.45, 7) is -0.382. The predicted octanol–water partition coefficient (Wildman–Crippen LogP) is 2.21. The SMILES string of the molecule is CB(O)C(=O)NN(Cc1ccc(-c2cc(Cl)ccc2F)cc1)C[C@@H](O)C(=O)O. The first kappa shape index (κ1) is 21.8. The van der Waals surface area contributed by atoms with Gasteiger partial charge < -0.3 is 15.2 Å². The molecule has 0 spiro atoms. The van der Waals surface area contributed by atoms with Crippen molar-refractivity contribution in [2.24, 2.45) is 0 Å². The Bertz CT molecular complexity index is 850. The number of carbonyl (C=O) groups excluding carboxylic acids is 1. The largest absolute Gasteiger partial charge is 0.479 e. The fraction of sp³-hybridized carbons (Fsp3) is 0.222. The minimum absolute atomic E-state index is 0.0567. The Hall–Kier alpha value is -2.46. The number of carboxylic acids is 1. The number of aliphatic hydroxyl groups is 1. The lowest BCUT2D eigenvalue weighted by molar-refractivity contribution is -0.148. The Morgan fingerprint density at radius 1 is 1.25 bits per heavy atom. The minimum Gasteiger partial charge on any atom is -0.479 e. The smallest absolute Gasteiger partial charge is 0.393 e. The first-order valence-electron chi connectivity index (χ1n) is 8.36. The molecule has 0 bridgehead atoms. The third kappa shape index (κ3) is 6.03. The molecule has 0 fully saturated rings. The molecule has 0 saturated carbocycles. The van der Waals surface area contributed by atoms with Crippen molar-refractivity contribution in [2.45, 2.75) is 19.5 Å². The summed E-state index contributed by atoms with van der Waals surface area (Å²) in [6, 6.07) is 10.9. The third-order valence-electron chi connectivity index (χ3n) is 3.89. The zero-order valence-corrected chi connectivity index (χ0v) is 15.7. The highest BCUT2D eigenvalue weighted by Crippen LogP contribution is 2.26. The number of aliphatic hydroxyl groups excluding tert-OH is 1. The molecule has 2 aromatic carbocycles. The van der Waals surface area contributed by atoms with Crippen molar-refractivity contribution >= 4 is 30.3 Å². The molecule has 0 unspecified atom stereocenters. The second kappa shape index (κ2) is 9.65. The van der Waals surface area contributed by atoms with Gasteiger partial charge in [0, 0.05) is 17.1 Å². The standard InChI is InChI=1S/C18H19BClFN2O5/c1-19(28)18(27)22-23(10-16(24)17(25)26)9-11-2-4-12(5-3-11)14-8-13(20)6-7-15(14)21/h2-8,16,24,28H,9-10H2,1H3,(H,22,27)(H,25,26)/t16-/m1/s1. The van der Waals surface area contributed by atoms with Crippen LogP contribution in [0.3, 0.4) is 0 Å². The summed E-state index contributed by atoms with van der Waals surface area (Å²) in [4.78, 5) is 22.6. The fourth-order valence-electron chi connectivity index (χ4n) is 2.41. The molecule has 0 saturated heterocycles. The summed E-state index contributed by atoms with van der Waals surface area (Å²) in [6.07, 6.45) is -1.73. The number of halogens is 2. The molecule has 1 amide bonds. The number of aliphatic carboxylic acids is 1. The van der Waals surface area contributed by atoms with E-state index < -0.39 is 37.2 Å². The summed E-state index contributed by atoms with van der Waals surface area (Å²) in [7, 11) is 0. The molecular formula is C18H19BClFN2O5. The van der Waals surface area contributed by atoms with E-state index in [1.165, 1.54) is 30.0 Å². The lowest BCUT2D eigenvalue weighted by Gasteiger charge is -2.25. The van der Waals surface area contributed by atoms with Gasteiger partial charge in [0.15, 0.2) is 6.10 Å². The number of hydrogen-bond acceptors (Lipinski definition) is 5. The van der Waals surface area contributed by atoms with Crippen LogP contribution in [0.2, 0.25) is 11.8 Å². The van der Waals surface area contributed by atoms with Gasteiger partial charge in [0.2, 0.25) is 5.81 Å². The van der Waals surface area contributed by atoms with Crippen molar-refractivity contribution in [3.8, 4) is 11.1 Å². The summed E-state index contributed by atoms with van der Waals surface area (Å²) in [5.41, 5.74) is 3.94. The number of nitrogens with one attached hydrogen (secondary N) is 1. The molecule has 0 aliphatic heterocycles. The molecule has 0 aliphatic rings. The molecule has 2 rings (SSSR count). The number of rotatable bonds is 8. The number of benzene rings is 2. The zero-order chi connectivity index (χ0) is 20.8. The third-order valence-corrected chi connectivity index (χ3v) is 4.13. The average Bonchev–Trinajstić information content (AvgIpc) is 2.64. The Morgan fingerprint density at radius 3 is 2.46 bits per heavy atom. The van der Waals surface area contributed by atoms with Gasteiger partial charge in [-0.3, -0.25) is 10.2 Å². The van der Waals surface area contributed by atoms with Crippen molar-refractivity contribution < 1.29 is 29.2 Å². The fourth-order valence-corrected chi connectivity index (χ4v) is 2.59.